The van der Waals surface area contributed by atoms with Crippen LogP contribution in [0.3, 0.4) is 0 Å². The summed E-state index contributed by atoms with van der Waals surface area (Å²) >= 11 is 5.94. The van der Waals surface area contributed by atoms with Crippen LogP contribution in [-0.2, 0) is 11.8 Å². The van der Waals surface area contributed by atoms with Gasteiger partial charge in [0.2, 0.25) is 0 Å². The smallest absolute Gasteiger partial charge is 0.410 e. The van der Waals surface area contributed by atoms with Crippen LogP contribution in [0, 0.1) is 0 Å². The first-order valence-electron chi connectivity index (χ1n) is 10.9. The van der Waals surface area contributed by atoms with Crippen LogP contribution in [0.4, 0.5) is 10.5 Å². The van der Waals surface area contributed by atoms with E-state index in [0.29, 0.717) is 18.1 Å². The maximum absolute atomic E-state index is 12.7. The summed E-state index contributed by atoms with van der Waals surface area (Å²) in [5.74, 6) is 0. The summed E-state index contributed by atoms with van der Waals surface area (Å²) in [6, 6.07) is 11.5. The normalized spacial score (nSPS) is 15.1. The summed E-state index contributed by atoms with van der Waals surface area (Å²) in [7, 11) is 1.90. The van der Waals surface area contributed by atoms with E-state index in [9.17, 15) is 4.79 Å². The highest BCUT2D eigenvalue weighted by Gasteiger charge is 2.25. The van der Waals surface area contributed by atoms with Gasteiger partial charge in [0.1, 0.15) is 6.10 Å². The van der Waals surface area contributed by atoms with E-state index in [1.807, 2.05) is 55.4 Å². The minimum atomic E-state index is -0.332. The molecule has 0 radical (unpaired) electrons. The van der Waals surface area contributed by atoms with Crippen LogP contribution in [0.25, 0.3) is 16.6 Å². The lowest BCUT2D eigenvalue weighted by Crippen LogP contribution is -2.49. The van der Waals surface area contributed by atoms with Gasteiger partial charge in [-0.05, 0) is 30.7 Å². The first-order valence-corrected chi connectivity index (χ1v) is 11.3. The number of anilines is 1. The second-order valence-corrected chi connectivity index (χ2v) is 8.67. The molecule has 1 aromatic carbocycles. The van der Waals surface area contributed by atoms with Crippen molar-refractivity contribution in [2.24, 2.45) is 7.05 Å². The number of hydrogen-bond acceptors (Lipinski definition) is 5. The van der Waals surface area contributed by atoms with Gasteiger partial charge in [0.25, 0.3) is 0 Å². The number of rotatable bonds is 4. The number of nitrogens with zero attached hydrogens (tertiary/aromatic N) is 6. The number of hydrogen-bond donors (Lipinski definition) is 0. The number of pyridine rings is 1. The Hall–Kier alpha value is -3.52. The van der Waals surface area contributed by atoms with Gasteiger partial charge in [-0.15, -0.1) is 0 Å². The molecule has 1 unspecified atom stereocenters. The highest BCUT2D eigenvalue weighted by atomic mass is 35.5. The first kappa shape index (κ1) is 21.3. The average Bonchev–Trinajstić information content (AvgIpc) is 3.45. The standard InChI is InChI=1S/C24H25ClN6O2/c1-17(18-3-6-21(25)7-4-18)33-24(32)30-11-9-29(10-12-30)23-14-27-31-16-19(5-8-22(23)31)20-13-26-28(2)15-20/h3-8,13-17H,9-12H2,1-2H3. The molecule has 170 valence electrons. The van der Waals surface area contributed by atoms with E-state index in [2.05, 4.69) is 27.2 Å². The number of carbonyl (C=O) groups is 1. The molecule has 33 heavy (non-hydrogen) atoms. The van der Waals surface area contributed by atoms with Crippen LogP contribution in [0.5, 0.6) is 0 Å². The third kappa shape index (κ3) is 4.39. The summed E-state index contributed by atoms with van der Waals surface area (Å²) in [6.07, 6.45) is 7.11. The van der Waals surface area contributed by atoms with Gasteiger partial charge in [-0.1, -0.05) is 29.8 Å². The van der Waals surface area contributed by atoms with Crippen molar-refractivity contribution in [3.63, 3.8) is 0 Å². The number of benzene rings is 1. The summed E-state index contributed by atoms with van der Waals surface area (Å²) in [6.45, 7) is 4.50. The molecule has 0 saturated carbocycles. The Morgan fingerprint density at radius 1 is 0.970 bits per heavy atom. The zero-order chi connectivity index (χ0) is 22.9. The summed E-state index contributed by atoms with van der Waals surface area (Å²) in [5, 5.41) is 9.46. The minimum absolute atomic E-state index is 0.293. The zero-order valence-electron chi connectivity index (χ0n) is 18.6. The predicted molar refractivity (Wildman–Crippen MR) is 128 cm³/mol. The fraction of sp³-hybridized carbons (Fsp3) is 0.292. The summed E-state index contributed by atoms with van der Waals surface area (Å²) < 4.78 is 9.35. The van der Waals surface area contributed by atoms with Crippen molar-refractivity contribution in [2.45, 2.75) is 13.0 Å². The largest absolute Gasteiger partial charge is 0.442 e. The first-order chi connectivity index (χ1) is 16.0. The van der Waals surface area contributed by atoms with Crippen LogP contribution >= 0.6 is 11.6 Å². The molecule has 1 aliphatic rings. The number of halogens is 1. The summed E-state index contributed by atoms with van der Waals surface area (Å²) in [4.78, 5) is 16.7. The topological polar surface area (TPSA) is 67.9 Å². The predicted octanol–water partition coefficient (Wildman–Crippen LogP) is 4.41. The van der Waals surface area contributed by atoms with E-state index in [0.717, 1.165) is 41.0 Å². The lowest BCUT2D eigenvalue weighted by molar-refractivity contribution is 0.0681. The van der Waals surface area contributed by atoms with Gasteiger partial charge in [-0.2, -0.15) is 10.2 Å². The molecule has 0 spiro atoms. The third-order valence-electron chi connectivity index (χ3n) is 6.03. The zero-order valence-corrected chi connectivity index (χ0v) is 19.3. The molecule has 3 aromatic heterocycles. The Morgan fingerprint density at radius 2 is 1.73 bits per heavy atom. The Kier molecular flexibility index (Phi) is 5.68. The molecule has 9 heteroatoms. The van der Waals surface area contributed by atoms with E-state index in [1.165, 1.54) is 0 Å². The molecule has 0 bridgehead atoms. The molecule has 1 atom stereocenters. The van der Waals surface area contributed by atoms with E-state index in [-0.39, 0.29) is 12.2 Å². The second kappa shape index (κ2) is 8.78. The maximum atomic E-state index is 12.7. The van der Waals surface area contributed by atoms with Crippen LogP contribution < -0.4 is 4.90 Å². The van der Waals surface area contributed by atoms with Gasteiger partial charge in [-0.3, -0.25) is 4.68 Å². The lowest BCUT2D eigenvalue weighted by Gasteiger charge is -2.35. The van der Waals surface area contributed by atoms with Crippen LogP contribution in [0.1, 0.15) is 18.6 Å². The van der Waals surface area contributed by atoms with Gasteiger partial charge in [-0.25, -0.2) is 9.31 Å². The molecular formula is C24H25ClN6O2. The van der Waals surface area contributed by atoms with Gasteiger partial charge >= 0.3 is 6.09 Å². The monoisotopic (exact) mass is 464 g/mol. The highest BCUT2D eigenvalue weighted by molar-refractivity contribution is 6.30. The molecule has 4 heterocycles. The van der Waals surface area contributed by atoms with Crippen LogP contribution in [0.15, 0.2) is 61.2 Å². The second-order valence-electron chi connectivity index (χ2n) is 8.23. The van der Waals surface area contributed by atoms with Gasteiger partial charge < -0.3 is 14.5 Å². The van der Waals surface area contributed by atoms with Crippen molar-refractivity contribution in [3.05, 3.63) is 71.8 Å². The molecule has 5 rings (SSSR count). The molecular weight excluding hydrogens is 440 g/mol. The fourth-order valence-corrected chi connectivity index (χ4v) is 4.24. The Balaban J connectivity index is 1.22. The molecule has 0 aliphatic carbocycles. The number of amides is 1. The Morgan fingerprint density at radius 3 is 2.42 bits per heavy atom. The van der Waals surface area contributed by atoms with Gasteiger partial charge in [0.15, 0.2) is 0 Å². The molecule has 1 aliphatic heterocycles. The van der Waals surface area contributed by atoms with Crippen LogP contribution in [0.2, 0.25) is 5.02 Å². The number of aromatic nitrogens is 4. The quantitative estimate of drug-likeness (QED) is 0.447. The van der Waals surface area contributed by atoms with E-state index < -0.39 is 0 Å². The maximum Gasteiger partial charge on any atom is 0.410 e. The number of piperazine rings is 1. The Bertz CT molecular complexity index is 1270. The van der Waals surface area contributed by atoms with E-state index in [1.54, 1.807) is 21.7 Å². The molecule has 4 aromatic rings. The molecule has 0 N–H and O–H groups in total. The van der Waals surface area contributed by atoms with Gasteiger partial charge in [0.05, 0.1) is 23.6 Å². The number of fused-ring (bicyclic) bond motifs is 1. The van der Waals surface area contributed by atoms with Gasteiger partial charge in [0, 0.05) is 61.8 Å². The number of aryl methyl sites for hydroxylation is 1. The van der Waals surface area contributed by atoms with Crippen molar-refractivity contribution < 1.29 is 9.53 Å². The molecule has 8 nitrogen and oxygen atoms in total. The van der Waals surface area contributed by atoms with Crippen LogP contribution in [-0.4, -0.2) is 56.6 Å². The number of carbonyl (C=O) groups excluding carboxylic acids is 1. The van der Waals surface area contributed by atoms with Crippen molar-refractivity contribution in [3.8, 4) is 11.1 Å². The minimum Gasteiger partial charge on any atom is -0.442 e. The fourth-order valence-electron chi connectivity index (χ4n) is 4.11. The lowest BCUT2D eigenvalue weighted by atomic mass is 10.1. The van der Waals surface area contributed by atoms with Crippen molar-refractivity contribution in [1.82, 2.24) is 24.3 Å². The number of ether oxygens (including phenoxy) is 1. The third-order valence-corrected chi connectivity index (χ3v) is 6.28. The molecule has 1 saturated heterocycles. The Labute approximate surface area is 196 Å². The highest BCUT2D eigenvalue weighted by Crippen LogP contribution is 2.27. The van der Waals surface area contributed by atoms with E-state index >= 15 is 0 Å². The SMILES string of the molecule is CC(OC(=O)N1CCN(c2cnn3cc(-c4cnn(C)c4)ccc23)CC1)c1ccc(Cl)cc1. The summed E-state index contributed by atoms with van der Waals surface area (Å²) in [5.41, 5.74) is 5.14. The van der Waals surface area contributed by atoms with Crippen molar-refractivity contribution in [2.75, 3.05) is 31.1 Å². The van der Waals surface area contributed by atoms with Crippen molar-refractivity contribution >= 4 is 28.9 Å². The van der Waals surface area contributed by atoms with E-state index in [4.69, 9.17) is 16.3 Å². The molecule has 1 amide bonds. The average molecular weight is 465 g/mol. The molecule has 1 fully saturated rings. The van der Waals surface area contributed by atoms with Crippen molar-refractivity contribution in [1.29, 1.82) is 0 Å².